The topological polar surface area (TPSA) is 79.3 Å². The zero-order chi connectivity index (χ0) is 14.8. The smallest absolute Gasteiger partial charge is 0.279 e. The Balaban J connectivity index is 2.30. The summed E-state index contributed by atoms with van der Waals surface area (Å²) < 4.78 is 39.5. The van der Waals surface area contributed by atoms with Crippen molar-refractivity contribution >= 4 is 15.7 Å². The average Bonchev–Trinajstić information content (AvgIpc) is 2.42. The van der Waals surface area contributed by atoms with E-state index >= 15 is 0 Å². The molecule has 0 aliphatic carbocycles. The van der Waals surface area contributed by atoms with Gasteiger partial charge in [0, 0.05) is 6.20 Å². The first-order chi connectivity index (χ1) is 9.42. The molecule has 0 aliphatic rings. The van der Waals surface area contributed by atoms with Crippen molar-refractivity contribution in [3.63, 3.8) is 0 Å². The third kappa shape index (κ3) is 3.12. The molecule has 0 spiro atoms. The summed E-state index contributed by atoms with van der Waals surface area (Å²) in [5, 5.41) is 8.72. The molecular formula is C13H13FN2O3S. The molecule has 5 nitrogen and oxygen atoms in total. The third-order valence-electron chi connectivity index (χ3n) is 2.69. The van der Waals surface area contributed by atoms with Crippen molar-refractivity contribution in [2.24, 2.45) is 0 Å². The molecule has 0 radical (unpaired) electrons. The molecule has 0 bridgehead atoms. The number of aromatic nitrogens is 1. The molecule has 7 heteroatoms. The first kappa shape index (κ1) is 14.4. The number of anilines is 1. The van der Waals surface area contributed by atoms with E-state index in [4.69, 9.17) is 5.11 Å². The standard InChI is InChI=1S/C13H13FN2O3S/c1-9-6-11(14)3-4-12(9)16-20(18,19)13-5-2-10(8-17)7-15-13/h2-7,16-17H,8H2,1H3. The molecular weight excluding hydrogens is 283 g/mol. The molecule has 0 aliphatic heterocycles. The molecule has 2 N–H and O–H groups in total. The molecule has 0 fully saturated rings. The maximum atomic E-state index is 13.0. The van der Waals surface area contributed by atoms with Crippen molar-refractivity contribution in [3.05, 3.63) is 53.5 Å². The van der Waals surface area contributed by atoms with Crippen molar-refractivity contribution in [1.29, 1.82) is 0 Å². The lowest BCUT2D eigenvalue weighted by Gasteiger charge is -2.10. The molecule has 0 amide bonds. The number of benzene rings is 1. The normalized spacial score (nSPS) is 11.3. The van der Waals surface area contributed by atoms with Crippen molar-refractivity contribution in [2.45, 2.75) is 18.6 Å². The van der Waals surface area contributed by atoms with E-state index in [-0.39, 0.29) is 11.6 Å². The quantitative estimate of drug-likeness (QED) is 0.902. The number of hydrogen-bond donors (Lipinski definition) is 2. The average molecular weight is 296 g/mol. The molecule has 106 valence electrons. The molecule has 0 saturated heterocycles. The number of nitrogens with one attached hydrogen (secondary N) is 1. The van der Waals surface area contributed by atoms with Crippen molar-refractivity contribution in [1.82, 2.24) is 4.98 Å². The van der Waals surface area contributed by atoms with Gasteiger partial charge in [-0.3, -0.25) is 4.72 Å². The Hall–Kier alpha value is -1.99. The van der Waals surface area contributed by atoms with Gasteiger partial charge in [0.2, 0.25) is 0 Å². The van der Waals surface area contributed by atoms with E-state index in [0.29, 0.717) is 16.8 Å². The Kier molecular flexibility index (Phi) is 4.01. The minimum Gasteiger partial charge on any atom is -0.392 e. The van der Waals surface area contributed by atoms with Crippen LogP contribution in [0, 0.1) is 12.7 Å². The van der Waals surface area contributed by atoms with Crippen LogP contribution in [0.15, 0.2) is 41.6 Å². The van der Waals surface area contributed by atoms with Gasteiger partial charge >= 0.3 is 0 Å². The molecule has 2 aromatic rings. The number of rotatable bonds is 4. The van der Waals surface area contributed by atoms with Crippen LogP contribution >= 0.6 is 0 Å². The number of sulfonamides is 1. The summed E-state index contributed by atoms with van der Waals surface area (Å²) in [7, 11) is -3.84. The number of aliphatic hydroxyl groups is 1. The van der Waals surface area contributed by atoms with Crippen molar-refractivity contribution in [2.75, 3.05) is 4.72 Å². The second-order valence-corrected chi connectivity index (χ2v) is 5.86. The largest absolute Gasteiger partial charge is 0.392 e. The number of aliphatic hydroxyl groups excluding tert-OH is 1. The molecule has 2 rings (SSSR count). The molecule has 0 unspecified atom stereocenters. The first-order valence-electron chi connectivity index (χ1n) is 5.77. The Bertz CT molecular complexity index is 715. The number of aryl methyl sites for hydroxylation is 1. The minimum absolute atomic E-state index is 0.168. The van der Waals surface area contributed by atoms with Gasteiger partial charge < -0.3 is 5.11 Å². The zero-order valence-corrected chi connectivity index (χ0v) is 11.5. The van der Waals surface area contributed by atoms with Crippen LogP contribution in [0.3, 0.4) is 0 Å². The summed E-state index contributed by atoms with van der Waals surface area (Å²) in [5.74, 6) is -0.434. The summed E-state index contributed by atoms with van der Waals surface area (Å²) in [6, 6.07) is 6.53. The van der Waals surface area contributed by atoms with Crippen molar-refractivity contribution in [3.8, 4) is 0 Å². The Morgan fingerprint density at radius 3 is 2.60 bits per heavy atom. The van der Waals surface area contributed by atoms with Gasteiger partial charge in [-0.2, -0.15) is 8.42 Å². The number of hydrogen-bond acceptors (Lipinski definition) is 4. The molecule has 1 heterocycles. The highest BCUT2D eigenvalue weighted by Gasteiger charge is 2.16. The summed E-state index contributed by atoms with van der Waals surface area (Å²) in [4.78, 5) is 3.78. The summed E-state index contributed by atoms with van der Waals surface area (Å²) >= 11 is 0. The van der Waals surface area contributed by atoms with Gasteiger partial charge in [-0.1, -0.05) is 6.07 Å². The van der Waals surface area contributed by atoms with Gasteiger partial charge in [-0.15, -0.1) is 0 Å². The lowest BCUT2D eigenvalue weighted by Crippen LogP contribution is -2.15. The van der Waals surface area contributed by atoms with Crippen LogP contribution in [0.5, 0.6) is 0 Å². The Morgan fingerprint density at radius 1 is 1.30 bits per heavy atom. The van der Waals surface area contributed by atoms with E-state index in [2.05, 4.69) is 9.71 Å². The van der Waals surface area contributed by atoms with Crippen LogP contribution in [0.2, 0.25) is 0 Å². The number of pyridine rings is 1. The van der Waals surface area contributed by atoms with Crippen LogP contribution in [0.25, 0.3) is 0 Å². The lowest BCUT2D eigenvalue weighted by atomic mass is 10.2. The second-order valence-electron chi connectivity index (χ2n) is 4.23. The third-order valence-corrected chi connectivity index (χ3v) is 3.97. The van der Waals surface area contributed by atoms with Gasteiger partial charge in [0.25, 0.3) is 10.0 Å². The van der Waals surface area contributed by atoms with Gasteiger partial charge in [0.15, 0.2) is 5.03 Å². The van der Waals surface area contributed by atoms with Crippen LogP contribution in [-0.4, -0.2) is 18.5 Å². The summed E-state index contributed by atoms with van der Waals surface area (Å²) in [6.45, 7) is 1.39. The van der Waals surface area contributed by atoms with Gasteiger partial charge in [-0.05, 0) is 42.3 Å². The fourth-order valence-corrected chi connectivity index (χ4v) is 2.66. The van der Waals surface area contributed by atoms with E-state index in [9.17, 15) is 12.8 Å². The molecule has 20 heavy (non-hydrogen) atoms. The van der Waals surface area contributed by atoms with E-state index in [1.54, 1.807) is 6.92 Å². The van der Waals surface area contributed by atoms with E-state index in [1.165, 1.54) is 36.5 Å². The van der Waals surface area contributed by atoms with Crippen LogP contribution in [0.1, 0.15) is 11.1 Å². The van der Waals surface area contributed by atoms with Crippen LogP contribution in [0.4, 0.5) is 10.1 Å². The molecule has 0 atom stereocenters. The van der Waals surface area contributed by atoms with Crippen LogP contribution < -0.4 is 4.72 Å². The highest BCUT2D eigenvalue weighted by atomic mass is 32.2. The monoisotopic (exact) mass is 296 g/mol. The fraction of sp³-hybridized carbons (Fsp3) is 0.154. The SMILES string of the molecule is Cc1cc(F)ccc1NS(=O)(=O)c1ccc(CO)cn1. The van der Waals surface area contributed by atoms with Crippen LogP contribution in [-0.2, 0) is 16.6 Å². The van der Waals surface area contributed by atoms with E-state index in [1.807, 2.05) is 0 Å². The lowest BCUT2D eigenvalue weighted by molar-refractivity contribution is 0.281. The minimum atomic E-state index is -3.84. The van der Waals surface area contributed by atoms with Gasteiger partial charge in [0.1, 0.15) is 5.82 Å². The molecule has 1 aromatic heterocycles. The maximum Gasteiger partial charge on any atom is 0.279 e. The number of nitrogens with zero attached hydrogens (tertiary/aromatic N) is 1. The molecule has 0 saturated carbocycles. The fourth-order valence-electron chi connectivity index (χ4n) is 1.60. The summed E-state index contributed by atoms with van der Waals surface area (Å²) in [6.07, 6.45) is 1.28. The highest BCUT2D eigenvalue weighted by molar-refractivity contribution is 7.92. The maximum absolute atomic E-state index is 13.0. The predicted octanol–water partition coefficient (Wildman–Crippen LogP) is 1.82. The van der Waals surface area contributed by atoms with Gasteiger partial charge in [0.05, 0.1) is 12.3 Å². The highest BCUT2D eigenvalue weighted by Crippen LogP contribution is 2.19. The zero-order valence-electron chi connectivity index (χ0n) is 10.7. The number of halogens is 1. The molecule has 1 aromatic carbocycles. The van der Waals surface area contributed by atoms with E-state index < -0.39 is 15.8 Å². The predicted molar refractivity (Wildman–Crippen MR) is 72.1 cm³/mol. The summed E-state index contributed by atoms with van der Waals surface area (Å²) in [5.41, 5.74) is 1.28. The van der Waals surface area contributed by atoms with E-state index in [0.717, 1.165) is 0 Å². The second kappa shape index (κ2) is 5.56. The van der Waals surface area contributed by atoms with Crippen molar-refractivity contribution < 1.29 is 17.9 Å². The Labute approximate surface area is 116 Å². The Morgan fingerprint density at radius 2 is 2.05 bits per heavy atom. The first-order valence-corrected chi connectivity index (χ1v) is 7.25. The van der Waals surface area contributed by atoms with Gasteiger partial charge in [-0.25, -0.2) is 9.37 Å².